The van der Waals surface area contributed by atoms with Crippen LogP contribution in [0.25, 0.3) is 67.0 Å². The van der Waals surface area contributed by atoms with Crippen molar-refractivity contribution >= 4 is 32.8 Å². The largest absolute Gasteiger partial charge is 0.456 e. The van der Waals surface area contributed by atoms with E-state index >= 15 is 0 Å². The maximum atomic E-state index is 6.56. The second-order valence-electron chi connectivity index (χ2n) is 14.1. The normalized spacial score (nSPS) is 21.3. The minimum Gasteiger partial charge on any atom is -0.456 e. The van der Waals surface area contributed by atoms with E-state index in [0.717, 1.165) is 57.7 Å². The van der Waals surface area contributed by atoms with Gasteiger partial charge in [0.05, 0.1) is 11.1 Å². The van der Waals surface area contributed by atoms with Gasteiger partial charge in [-0.3, -0.25) is 0 Å². The van der Waals surface area contributed by atoms with Gasteiger partial charge in [-0.05, 0) is 55.3 Å². The molecular formula is C44H35N5O+2. The Labute approximate surface area is 289 Å². The lowest BCUT2D eigenvalue weighted by Crippen LogP contribution is -2.78. The molecule has 0 saturated heterocycles. The fourth-order valence-electron chi connectivity index (χ4n) is 9.87. The zero-order valence-corrected chi connectivity index (χ0v) is 28.3. The highest BCUT2D eigenvalue weighted by Gasteiger charge is 2.74. The van der Waals surface area contributed by atoms with Gasteiger partial charge in [0.25, 0.3) is 5.69 Å². The standard InChI is InChI=1S/C44H35N5O/c1-4-43-26-34(44(43,5-2)47-22-14-13-20-36(47)42-45-41(46-49(42)43)28-15-7-6-8-16-28)40-33-25-39-32(30-18-10-12-21-38(30)50-39)24-31(33)37-23-27(3)29-17-9-11-19-35(29)48(37)40/h6-26,40H,4-5H2,1-3H3/q+2. The third-order valence-corrected chi connectivity index (χ3v) is 12.0. The Hall–Kier alpha value is -5.88. The smallest absolute Gasteiger partial charge is 0.251 e. The van der Waals surface area contributed by atoms with Crippen molar-refractivity contribution in [3.8, 4) is 34.2 Å². The second-order valence-corrected chi connectivity index (χ2v) is 14.1. The molecule has 2 aliphatic heterocycles. The molecule has 4 aromatic carbocycles. The maximum absolute atomic E-state index is 6.56. The molecule has 0 fully saturated rings. The Kier molecular flexibility index (Phi) is 5.40. The summed E-state index contributed by atoms with van der Waals surface area (Å²) >= 11 is 0. The summed E-state index contributed by atoms with van der Waals surface area (Å²) in [6.07, 6.45) is 6.59. The molecule has 6 heterocycles. The molecule has 0 spiro atoms. The molecule has 6 nitrogen and oxygen atoms in total. The van der Waals surface area contributed by atoms with Crippen LogP contribution >= 0.6 is 0 Å². The van der Waals surface area contributed by atoms with Crippen LogP contribution in [0.2, 0.25) is 0 Å². The molecule has 3 unspecified atom stereocenters. The molecule has 0 bridgehead atoms. The third kappa shape index (κ3) is 3.20. The average Bonchev–Trinajstić information content (AvgIpc) is 3.84. The minimum absolute atomic E-state index is 0.0399. The van der Waals surface area contributed by atoms with Gasteiger partial charge in [0.1, 0.15) is 11.2 Å². The third-order valence-electron chi connectivity index (χ3n) is 12.0. The van der Waals surface area contributed by atoms with E-state index in [1.54, 1.807) is 0 Å². The zero-order chi connectivity index (χ0) is 33.4. The summed E-state index contributed by atoms with van der Waals surface area (Å²) in [4.78, 5) is 5.22. The van der Waals surface area contributed by atoms with Crippen molar-refractivity contribution < 1.29 is 13.6 Å². The molecule has 6 heteroatoms. The first kappa shape index (κ1) is 28.0. The molecule has 0 saturated carbocycles. The molecule has 240 valence electrons. The Morgan fingerprint density at radius 1 is 0.760 bits per heavy atom. The molecule has 50 heavy (non-hydrogen) atoms. The fourth-order valence-corrected chi connectivity index (χ4v) is 9.87. The van der Waals surface area contributed by atoms with E-state index in [9.17, 15) is 0 Å². The minimum atomic E-state index is -0.404. The summed E-state index contributed by atoms with van der Waals surface area (Å²) in [6, 6.07) is 41.2. The topological polar surface area (TPSA) is 51.6 Å². The number of nitrogens with zero attached hydrogens (tertiary/aromatic N) is 5. The number of rotatable bonds is 4. The molecule has 0 radical (unpaired) electrons. The van der Waals surface area contributed by atoms with E-state index in [-0.39, 0.29) is 6.04 Å². The number of allylic oxidation sites excluding steroid dienone is 2. The maximum Gasteiger partial charge on any atom is 0.251 e. The first-order valence-electron chi connectivity index (χ1n) is 17.7. The van der Waals surface area contributed by atoms with Crippen molar-refractivity contribution in [1.82, 2.24) is 14.8 Å². The van der Waals surface area contributed by atoms with Crippen LogP contribution in [0.1, 0.15) is 43.9 Å². The predicted octanol–water partition coefficient (Wildman–Crippen LogP) is 8.98. The van der Waals surface area contributed by atoms with E-state index in [4.69, 9.17) is 14.5 Å². The van der Waals surface area contributed by atoms with Gasteiger partial charge in [0.2, 0.25) is 28.6 Å². The monoisotopic (exact) mass is 649 g/mol. The Balaban J connectivity index is 1.24. The van der Waals surface area contributed by atoms with Crippen LogP contribution in [0, 0.1) is 6.92 Å². The molecule has 11 rings (SSSR count). The predicted molar refractivity (Wildman–Crippen MR) is 195 cm³/mol. The van der Waals surface area contributed by atoms with E-state index in [1.807, 2.05) is 6.07 Å². The number of fused-ring (bicyclic) bond motifs is 14. The van der Waals surface area contributed by atoms with Gasteiger partial charge in [-0.25, -0.2) is 9.67 Å². The van der Waals surface area contributed by atoms with E-state index in [0.29, 0.717) is 0 Å². The van der Waals surface area contributed by atoms with E-state index in [1.165, 1.54) is 38.9 Å². The highest BCUT2D eigenvalue weighted by atomic mass is 16.3. The molecule has 0 N–H and O–H groups in total. The second kappa shape index (κ2) is 9.63. The molecular weight excluding hydrogens is 615 g/mol. The molecule has 8 aromatic rings. The van der Waals surface area contributed by atoms with Crippen LogP contribution in [-0.4, -0.2) is 14.8 Å². The number of hydrogen-bond acceptors (Lipinski definition) is 3. The number of furan rings is 1. The van der Waals surface area contributed by atoms with Crippen LogP contribution in [0.15, 0.2) is 138 Å². The van der Waals surface area contributed by atoms with Gasteiger partial charge >= 0.3 is 0 Å². The summed E-state index contributed by atoms with van der Waals surface area (Å²) in [6.45, 7) is 6.89. The van der Waals surface area contributed by atoms with Crippen molar-refractivity contribution in [1.29, 1.82) is 0 Å². The lowest BCUT2D eigenvalue weighted by Gasteiger charge is -2.54. The summed E-state index contributed by atoms with van der Waals surface area (Å²) < 4.78 is 13.9. The highest BCUT2D eigenvalue weighted by Crippen LogP contribution is 2.61. The van der Waals surface area contributed by atoms with Crippen molar-refractivity contribution in [2.24, 2.45) is 0 Å². The molecule has 3 aliphatic rings. The van der Waals surface area contributed by atoms with Crippen molar-refractivity contribution in [3.05, 3.63) is 144 Å². The van der Waals surface area contributed by atoms with Crippen LogP contribution in [0.4, 0.5) is 0 Å². The van der Waals surface area contributed by atoms with E-state index in [2.05, 4.69) is 156 Å². The van der Waals surface area contributed by atoms with Gasteiger partial charge < -0.3 is 4.42 Å². The Morgan fingerprint density at radius 2 is 1.54 bits per heavy atom. The fraction of sp³-hybridized carbons (Fsp3) is 0.182. The van der Waals surface area contributed by atoms with Crippen molar-refractivity contribution in [3.63, 3.8) is 0 Å². The summed E-state index contributed by atoms with van der Waals surface area (Å²) in [5.41, 5.74) is 10.9. The average molecular weight is 650 g/mol. The summed E-state index contributed by atoms with van der Waals surface area (Å²) in [7, 11) is 0. The van der Waals surface area contributed by atoms with Gasteiger partial charge in [0, 0.05) is 58.0 Å². The lowest BCUT2D eigenvalue weighted by atomic mass is 9.55. The molecule has 1 aliphatic carbocycles. The van der Waals surface area contributed by atoms with Crippen molar-refractivity contribution in [2.75, 3.05) is 0 Å². The van der Waals surface area contributed by atoms with Gasteiger partial charge in [0.15, 0.2) is 17.6 Å². The molecule has 0 amide bonds. The summed E-state index contributed by atoms with van der Waals surface area (Å²) in [5.74, 6) is 1.67. The van der Waals surface area contributed by atoms with Crippen LogP contribution in [0.3, 0.4) is 0 Å². The zero-order valence-electron chi connectivity index (χ0n) is 28.3. The molecule has 4 aromatic heterocycles. The number of para-hydroxylation sites is 2. The Morgan fingerprint density at radius 3 is 2.38 bits per heavy atom. The van der Waals surface area contributed by atoms with Gasteiger partial charge in [-0.1, -0.05) is 74.5 Å². The van der Waals surface area contributed by atoms with Gasteiger partial charge in [-0.15, -0.1) is 5.10 Å². The summed E-state index contributed by atoms with van der Waals surface area (Å²) in [5, 5.41) is 8.93. The quantitative estimate of drug-likeness (QED) is 0.141. The first-order chi connectivity index (χ1) is 24.6. The number of aromatic nitrogens is 5. The Bertz CT molecular complexity index is 2770. The van der Waals surface area contributed by atoms with Crippen LogP contribution in [-0.2, 0) is 11.1 Å². The van der Waals surface area contributed by atoms with E-state index < -0.39 is 11.1 Å². The number of pyridine rings is 2. The van der Waals surface area contributed by atoms with Crippen molar-refractivity contribution in [2.45, 2.75) is 50.7 Å². The SMILES string of the molecule is CCC12C=C(C3c4cc5oc6ccccc6c5cc4-c4cc(C)c5ccccc5[n+]43)C1(CC)[n+]1ccccc1-c1nc(-c3ccccc3)nn12. The van der Waals surface area contributed by atoms with Gasteiger partial charge in [-0.2, -0.15) is 9.13 Å². The number of hydrogen-bond donors (Lipinski definition) is 0. The number of benzene rings is 4. The van der Waals surface area contributed by atoms with Crippen LogP contribution < -0.4 is 9.13 Å². The highest BCUT2D eigenvalue weighted by molar-refractivity contribution is 6.07. The lowest BCUT2D eigenvalue weighted by molar-refractivity contribution is -0.775. The van der Waals surface area contributed by atoms with Crippen LogP contribution in [0.5, 0.6) is 0 Å². The number of aryl methyl sites for hydroxylation is 1. The molecule has 3 atom stereocenters. The first-order valence-corrected chi connectivity index (χ1v) is 17.7.